The summed E-state index contributed by atoms with van der Waals surface area (Å²) in [4.78, 5) is 0. The Kier molecular flexibility index (Phi) is 6.49. The maximum Gasteiger partial charge on any atom is 0.0996 e. The first-order chi connectivity index (χ1) is 5.26. The molecule has 0 aliphatic carbocycles. The molecule has 11 heavy (non-hydrogen) atoms. The zero-order chi connectivity index (χ0) is 8.69. The second-order valence-corrected chi connectivity index (χ2v) is 3.45. The van der Waals surface area contributed by atoms with Gasteiger partial charge in [-0.25, -0.2) is 0 Å². The van der Waals surface area contributed by atoms with E-state index in [1.165, 1.54) is 32.1 Å². The lowest BCUT2D eigenvalue weighted by atomic mass is 9.86. The summed E-state index contributed by atoms with van der Waals surface area (Å²) in [5, 5.41) is 0. The molecule has 1 atom stereocenters. The van der Waals surface area contributed by atoms with Gasteiger partial charge >= 0.3 is 0 Å². The fraction of sp³-hybridized carbons (Fsp3) is 0.909. The maximum absolute atomic E-state index is 2.31. The summed E-state index contributed by atoms with van der Waals surface area (Å²) in [6, 6.07) is 0. The van der Waals surface area contributed by atoms with Gasteiger partial charge in [-0.15, -0.1) is 0 Å². The standard InChI is InChI=1S/C11H23/c1-5-8-9-11(7-3)10(4)6-2/h11H,5-9H2,1-4H3/q+1. The molecule has 0 nitrogen and oxygen atoms in total. The van der Waals surface area contributed by atoms with Crippen molar-refractivity contribution in [3.63, 3.8) is 0 Å². The van der Waals surface area contributed by atoms with E-state index >= 15 is 0 Å². The van der Waals surface area contributed by atoms with Crippen molar-refractivity contribution in [2.75, 3.05) is 0 Å². The Morgan fingerprint density at radius 3 is 2.18 bits per heavy atom. The molecule has 0 fully saturated rings. The van der Waals surface area contributed by atoms with Crippen LogP contribution in [0.3, 0.4) is 0 Å². The van der Waals surface area contributed by atoms with Crippen LogP contribution in [0.25, 0.3) is 0 Å². The first-order valence-electron chi connectivity index (χ1n) is 5.08. The Morgan fingerprint density at radius 2 is 1.82 bits per heavy atom. The van der Waals surface area contributed by atoms with E-state index in [0.717, 1.165) is 5.92 Å². The number of rotatable bonds is 6. The minimum Gasteiger partial charge on any atom is -0.0654 e. The summed E-state index contributed by atoms with van der Waals surface area (Å²) in [5.41, 5.74) is 0. The molecule has 0 aliphatic heterocycles. The van der Waals surface area contributed by atoms with Gasteiger partial charge in [0.2, 0.25) is 0 Å². The highest BCUT2D eigenvalue weighted by molar-refractivity contribution is 4.89. The minimum absolute atomic E-state index is 0.903. The SMILES string of the molecule is CCCCC(CC)[C+](C)CC. The van der Waals surface area contributed by atoms with Gasteiger partial charge in [-0.3, -0.25) is 0 Å². The van der Waals surface area contributed by atoms with Crippen molar-refractivity contribution in [2.45, 2.75) is 59.8 Å². The van der Waals surface area contributed by atoms with E-state index in [2.05, 4.69) is 27.7 Å². The largest absolute Gasteiger partial charge is 0.0996 e. The van der Waals surface area contributed by atoms with E-state index in [1.807, 2.05) is 0 Å². The molecular formula is C11H23+. The predicted molar refractivity (Wildman–Crippen MR) is 52.5 cm³/mol. The van der Waals surface area contributed by atoms with Crippen molar-refractivity contribution >= 4 is 0 Å². The van der Waals surface area contributed by atoms with E-state index in [0.29, 0.717) is 0 Å². The van der Waals surface area contributed by atoms with E-state index < -0.39 is 0 Å². The third-order valence-corrected chi connectivity index (χ3v) is 2.65. The molecule has 0 aromatic rings. The molecular weight excluding hydrogens is 132 g/mol. The number of hydrogen-bond acceptors (Lipinski definition) is 0. The van der Waals surface area contributed by atoms with Crippen LogP contribution in [-0.2, 0) is 0 Å². The van der Waals surface area contributed by atoms with Gasteiger partial charge in [0, 0.05) is 0 Å². The summed E-state index contributed by atoms with van der Waals surface area (Å²) in [7, 11) is 0. The zero-order valence-electron chi connectivity index (χ0n) is 8.61. The number of unbranched alkanes of at least 4 members (excludes halogenated alkanes) is 1. The van der Waals surface area contributed by atoms with Gasteiger partial charge in [0.15, 0.2) is 0 Å². The van der Waals surface area contributed by atoms with Crippen LogP contribution in [-0.4, -0.2) is 0 Å². The second kappa shape index (κ2) is 6.57. The quantitative estimate of drug-likeness (QED) is 0.504. The van der Waals surface area contributed by atoms with Crippen LogP contribution < -0.4 is 0 Å². The zero-order valence-corrected chi connectivity index (χ0v) is 8.61. The van der Waals surface area contributed by atoms with Crippen LogP contribution in [0.15, 0.2) is 0 Å². The van der Waals surface area contributed by atoms with Crippen molar-refractivity contribution in [2.24, 2.45) is 5.92 Å². The lowest BCUT2D eigenvalue weighted by molar-refractivity contribution is 0.452. The smallest absolute Gasteiger partial charge is 0.0654 e. The van der Waals surface area contributed by atoms with Gasteiger partial charge in [-0.2, -0.15) is 0 Å². The van der Waals surface area contributed by atoms with Gasteiger partial charge in [0.1, 0.15) is 0 Å². The van der Waals surface area contributed by atoms with Gasteiger partial charge in [0.25, 0.3) is 0 Å². The highest BCUT2D eigenvalue weighted by atomic mass is 14.2. The third-order valence-electron chi connectivity index (χ3n) is 2.65. The normalized spacial score (nSPS) is 13.1. The molecule has 0 radical (unpaired) electrons. The molecule has 0 aliphatic rings. The maximum atomic E-state index is 2.31. The molecule has 66 valence electrons. The van der Waals surface area contributed by atoms with Crippen molar-refractivity contribution < 1.29 is 0 Å². The molecule has 0 spiro atoms. The lowest BCUT2D eigenvalue weighted by Crippen LogP contribution is -2.07. The van der Waals surface area contributed by atoms with Crippen LogP contribution in [0.4, 0.5) is 0 Å². The number of hydrogen-bond donors (Lipinski definition) is 0. The Balaban J connectivity index is 3.56. The molecule has 0 saturated carbocycles. The summed E-state index contributed by atoms with van der Waals surface area (Å²) >= 11 is 0. The van der Waals surface area contributed by atoms with Crippen LogP contribution in [0.1, 0.15) is 59.8 Å². The molecule has 0 bridgehead atoms. The summed E-state index contributed by atoms with van der Waals surface area (Å²) in [5.74, 6) is 2.60. The minimum atomic E-state index is 0.903. The summed E-state index contributed by atoms with van der Waals surface area (Å²) in [6.07, 6.45) is 6.75. The van der Waals surface area contributed by atoms with Crippen molar-refractivity contribution in [3.8, 4) is 0 Å². The third kappa shape index (κ3) is 4.34. The van der Waals surface area contributed by atoms with Crippen molar-refractivity contribution in [1.82, 2.24) is 0 Å². The second-order valence-electron chi connectivity index (χ2n) is 3.45. The van der Waals surface area contributed by atoms with E-state index in [1.54, 1.807) is 5.92 Å². The van der Waals surface area contributed by atoms with E-state index in [9.17, 15) is 0 Å². The molecule has 0 N–H and O–H groups in total. The molecule has 0 saturated heterocycles. The van der Waals surface area contributed by atoms with Crippen molar-refractivity contribution in [1.29, 1.82) is 0 Å². The molecule has 0 heterocycles. The molecule has 0 aromatic heterocycles. The monoisotopic (exact) mass is 155 g/mol. The fourth-order valence-electron chi connectivity index (χ4n) is 1.54. The summed E-state index contributed by atoms with van der Waals surface area (Å²) < 4.78 is 0. The van der Waals surface area contributed by atoms with Crippen LogP contribution in [0.5, 0.6) is 0 Å². The highest BCUT2D eigenvalue weighted by Crippen LogP contribution is 2.25. The fourth-order valence-corrected chi connectivity index (χ4v) is 1.54. The van der Waals surface area contributed by atoms with Crippen LogP contribution in [0, 0.1) is 11.8 Å². The first kappa shape index (κ1) is 10.9. The van der Waals surface area contributed by atoms with Gasteiger partial charge in [0.05, 0.1) is 25.2 Å². The van der Waals surface area contributed by atoms with E-state index in [4.69, 9.17) is 0 Å². The Labute approximate surface area is 72.4 Å². The predicted octanol–water partition coefficient (Wildman–Crippen LogP) is 4.21. The molecule has 0 aromatic carbocycles. The molecule has 0 heteroatoms. The summed E-state index contributed by atoms with van der Waals surface area (Å²) in [6.45, 7) is 9.15. The molecule has 0 amide bonds. The highest BCUT2D eigenvalue weighted by Gasteiger charge is 2.22. The topological polar surface area (TPSA) is 0 Å². The van der Waals surface area contributed by atoms with Gasteiger partial charge in [-0.1, -0.05) is 20.3 Å². The Bertz CT molecular complexity index is 76.1. The first-order valence-corrected chi connectivity index (χ1v) is 5.08. The average molecular weight is 155 g/mol. The average Bonchev–Trinajstić information content (AvgIpc) is 2.05. The van der Waals surface area contributed by atoms with Gasteiger partial charge in [-0.05, 0) is 26.2 Å². The van der Waals surface area contributed by atoms with E-state index in [-0.39, 0.29) is 0 Å². The van der Waals surface area contributed by atoms with Gasteiger partial charge < -0.3 is 0 Å². The van der Waals surface area contributed by atoms with Crippen LogP contribution >= 0.6 is 0 Å². The molecule has 0 rings (SSSR count). The molecule has 1 unspecified atom stereocenters. The Morgan fingerprint density at radius 1 is 1.18 bits per heavy atom. The van der Waals surface area contributed by atoms with Crippen LogP contribution in [0.2, 0.25) is 0 Å². The van der Waals surface area contributed by atoms with Crippen molar-refractivity contribution in [3.05, 3.63) is 5.92 Å². The Hall–Kier alpha value is -0.130. The lowest BCUT2D eigenvalue weighted by Gasteiger charge is -2.11.